The number of carbonyl (C=O) groups is 1. The molecule has 0 unspecified atom stereocenters. The minimum Gasteiger partial charge on any atom is -0.497 e. The number of aryl methyl sites for hydroxylation is 2. The summed E-state index contributed by atoms with van der Waals surface area (Å²) in [4.78, 5) is 39.3. The van der Waals surface area contributed by atoms with Crippen LogP contribution in [-0.2, 0) is 30.8 Å². The second kappa shape index (κ2) is 9.91. The zero-order valence-corrected chi connectivity index (χ0v) is 19.8. The number of para-hydroxylation sites is 1. The first-order valence-electron chi connectivity index (χ1n) is 11.6. The van der Waals surface area contributed by atoms with E-state index in [1.165, 1.54) is 8.97 Å². The Hall–Kier alpha value is -4.66. The normalized spacial score (nSPS) is 11.1. The summed E-state index contributed by atoms with van der Waals surface area (Å²) in [5, 5.41) is 7.63. The van der Waals surface area contributed by atoms with Gasteiger partial charge in [-0.2, -0.15) is 0 Å². The molecule has 3 aromatic carbocycles. The van der Waals surface area contributed by atoms with Gasteiger partial charge in [0.2, 0.25) is 11.7 Å². The molecule has 5 rings (SSSR count). The first kappa shape index (κ1) is 23.1. The molecule has 36 heavy (non-hydrogen) atoms. The summed E-state index contributed by atoms with van der Waals surface area (Å²) in [6.07, 6.45) is 0.594. The van der Waals surface area contributed by atoms with Gasteiger partial charge in [-0.1, -0.05) is 54.6 Å². The summed E-state index contributed by atoms with van der Waals surface area (Å²) in [6.45, 7) is 0.351. The van der Waals surface area contributed by atoms with Gasteiger partial charge in [0.05, 0.1) is 18.0 Å². The maximum absolute atomic E-state index is 13.3. The summed E-state index contributed by atoms with van der Waals surface area (Å²) in [5.74, 6) is 0.532. The van der Waals surface area contributed by atoms with Crippen LogP contribution in [-0.4, -0.2) is 31.8 Å². The smallest absolute Gasteiger partial charge is 0.352 e. The highest BCUT2D eigenvalue weighted by atomic mass is 16.5. The van der Waals surface area contributed by atoms with Gasteiger partial charge in [0.15, 0.2) is 0 Å². The highest BCUT2D eigenvalue weighted by molar-refractivity contribution is 5.80. The molecule has 0 saturated heterocycles. The maximum Gasteiger partial charge on any atom is 0.352 e. The van der Waals surface area contributed by atoms with Crippen molar-refractivity contribution in [3.05, 3.63) is 111 Å². The van der Waals surface area contributed by atoms with E-state index in [4.69, 9.17) is 4.74 Å². The number of methoxy groups -OCH3 is 1. The van der Waals surface area contributed by atoms with Crippen LogP contribution in [0.1, 0.15) is 11.1 Å². The summed E-state index contributed by atoms with van der Waals surface area (Å²) in [6, 6.07) is 24.1. The van der Waals surface area contributed by atoms with Crippen molar-refractivity contribution in [3.8, 4) is 5.75 Å². The lowest BCUT2D eigenvalue weighted by atomic mass is 10.1. The molecule has 0 spiro atoms. The molecule has 182 valence electrons. The molecule has 0 aliphatic rings. The van der Waals surface area contributed by atoms with E-state index in [-0.39, 0.29) is 30.3 Å². The van der Waals surface area contributed by atoms with Crippen molar-refractivity contribution in [2.45, 2.75) is 26.1 Å². The number of rotatable bonds is 8. The number of ether oxygens (including phenoxy) is 1. The van der Waals surface area contributed by atoms with E-state index >= 15 is 0 Å². The first-order chi connectivity index (χ1) is 17.5. The molecule has 0 radical (unpaired) electrons. The predicted molar refractivity (Wildman–Crippen MR) is 136 cm³/mol. The van der Waals surface area contributed by atoms with E-state index in [0.29, 0.717) is 29.6 Å². The average Bonchev–Trinajstić information content (AvgIpc) is 3.23. The number of amides is 1. The highest BCUT2D eigenvalue weighted by Gasteiger charge is 2.18. The molecule has 1 amide bonds. The van der Waals surface area contributed by atoms with Gasteiger partial charge in [0, 0.05) is 13.1 Å². The van der Waals surface area contributed by atoms with Crippen LogP contribution in [0.15, 0.2) is 88.5 Å². The Bertz CT molecular complexity index is 1670. The third-order valence-corrected chi connectivity index (χ3v) is 6.07. The molecule has 2 heterocycles. The van der Waals surface area contributed by atoms with Crippen molar-refractivity contribution < 1.29 is 9.53 Å². The molecule has 9 nitrogen and oxygen atoms in total. The van der Waals surface area contributed by atoms with Gasteiger partial charge < -0.3 is 10.1 Å². The Labute approximate surface area is 206 Å². The van der Waals surface area contributed by atoms with Gasteiger partial charge in [0.25, 0.3) is 5.56 Å². The number of hydrogen-bond acceptors (Lipinski definition) is 5. The van der Waals surface area contributed by atoms with Crippen molar-refractivity contribution in [2.24, 2.45) is 0 Å². The quantitative estimate of drug-likeness (QED) is 0.365. The Morgan fingerprint density at radius 2 is 1.69 bits per heavy atom. The minimum absolute atomic E-state index is 0.209. The van der Waals surface area contributed by atoms with Crippen molar-refractivity contribution in [3.63, 3.8) is 0 Å². The largest absolute Gasteiger partial charge is 0.497 e. The van der Waals surface area contributed by atoms with Crippen LogP contribution >= 0.6 is 0 Å². The summed E-state index contributed by atoms with van der Waals surface area (Å²) in [7, 11) is 1.58. The minimum atomic E-state index is -0.480. The van der Waals surface area contributed by atoms with Crippen LogP contribution in [0.4, 0.5) is 0 Å². The molecule has 2 aromatic heterocycles. The third-order valence-electron chi connectivity index (χ3n) is 6.07. The number of hydrogen-bond donors (Lipinski definition) is 1. The van der Waals surface area contributed by atoms with Crippen molar-refractivity contribution in [2.75, 3.05) is 7.11 Å². The van der Waals surface area contributed by atoms with Crippen LogP contribution in [0.3, 0.4) is 0 Å². The summed E-state index contributed by atoms with van der Waals surface area (Å²) >= 11 is 0. The fraction of sp³-hybridized carbons (Fsp3) is 0.185. The molecule has 0 bridgehead atoms. The standard InChI is InChI=1S/C27H25N5O4/c1-36-21-11-7-10-20(16-21)17-28-24(33)18-31-27(35)32-23-13-6-5-12-22(23)25(34)30(26(32)29-31)15-14-19-8-3-2-4-9-19/h2-13,16H,14-15,17-18H2,1H3,(H,28,33). The van der Waals surface area contributed by atoms with E-state index < -0.39 is 5.69 Å². The Balaban J connectivity index is 1.47. The number of aromatic nitrogens is 4. The van der Waals surface area contributed by atoms with E-state index in [1.54, 1.807) is 31.4 Å². The molecule has 0 aliphatic heterocycles. The van der Waals surface area contributed by atoms with Gasteiger partial charge in [-0.3, -0.25) is 14.2 Å². The van der Waals surface area contributed by atoms with Crippen LogP contribution in [0.5, 0.6) is 5.75 Å². The SMILES string of the molecule is COc1cccc(CNC(=O)Cn2nc3n(CCc4ccccc4)c(=O)c4ccccc4n3c2=O)c1. The predicted octanol–water partition coefficient (Wildman–Crippen LogP) is 2.38. The Morgan fingerprint density at radius 1 is 0.944 bits per heavy atom. The molecular weight excluding hydrogens is 458 g/mol. The lowest BCUT2D eigenvalue weighted by Gasteiger charge is -2.09. The molecule has 5 aromatic rings. The molecule has 0 fully saturated rings. The van der Waals surface area contributed by atoms with Crippen LogP contribution in [0.25, 0.3) is 16.7 Å². The second-order valence-electron chi connectivity index (χ2n) is 8.41. The topological polar surface area (TPSA) is 99.6 Å². The van der Waals surface area contributed by atoms with Crippen molar-refractivity contribution >= 4 is 22.6 Å². The average molecular weight is 484 g/mol. The third kappa shape index (κ3) is 4.50. The first-order valence-corrected chi connectivity index (χ1v) is 11.6. The summed E-state index contributed by atoms with van der Waals surface area (Å²) < 4.78 is 9.21. The summed E-state index contributed by atoms with van der Waals surface area (Å²) in [5.41, 5.74) is 1.68. The van der Waals surface area contributed by atoms with Gasteiger partial charge >= 0.3 is 5.69 Å². The van der Waals surface area contributed by atoms with Gasteiger partial charge in [-0.15, -0.1) is 5.10 Å². The molecule has 1 N–H and O–H groups in total. The fourth-order valence-corrected chi connectivity index (χ4v) is 4.23. The van der Waals surface area contributed by atoms with Crippen LogP contribution in [0, 0.1) is 0 Å². The van der Waals surface area contributed by atoms with Gasteiger partial charge in [-0.25, -0.2) is 13.9 Å². The Kier molecular flexibility index (Phi) is 6.36. The monoisotopic (exact) mass is 483 g/mol. The van der Waals surface area contributed by atoms with Crippen molar-refractivity contribution in [1.29, 1.82) is 0 Å². The van der Waals surface area contributed by atoms with Gasteiger partial charge in [0.1, 0.15) is 12.3 Å². The van der Waals surface area contributed by atoms with Crippen molar-refractivity contribution in [1.82, 2.24) is 24.1 Å². The number of carbonyl (C=O) groups excluding carboxylic acids is 1. The van der Waals surface area contributed by atoms with Crippen LogP contribution in [0.2, 0.25) is 0 Å². The number of nitrogens with one attached hydrogen (secondary N) is 1. The lowest BCUT2D eigenvalue weighted by Crippen LogP contribution is -2.32. The van der Waals surface area contributed by atoms with E-state index in [9.17, 15) is 14.4 Å². The molecular formula is C27H25N5O4. The van der Waals surface area contributed by atoms with Crippen LogP contribution < -0.4 is 21.3 Å². The zero-order chi connectivity index (χ0) is 25.1. The second-order valence-corrected chi connectivity index (χ2v) is 8.41. The van der Waals surface area contributed by atoms with E-state index in [0.717, 1.165) is 15.8 Å². The molecule has 0 aliphatic carbocycles. The van der Waals surface area contributed by atoms with Gasteiger partial charge in [-0.05, 0) is 41.8 Å². The lowest BCUT2D eigenvalue weighted by molar-refractivity contribution is -0.122. The molecule has 9 heteroatoms. The fourth-order valence-electron chi connectivity index (χ4n) is 4.23. The van der Waals surface area contributed by atoms with E-state index in [2.05, 4.69) is 10.4 Å². The number of benzene rings is 3. The molecule has 0 saturated carbocycles. The zero-order valence-electron chi connectivity index (χ0n) is 19.8. The number of fused-ring (bicyclic) bond motifs is 3. The van der Waals surface area contributed by atoms with E-state index in [1.807, 2.05) is 54.6 Å². The maximum atomic E-state index is 13.3. The highest BCUT2D eigenvalue weighted by Crippen LogP contribution is 2.13. The number of nitrogens with zero attached hydrogens (tertiary/aromatic N) is 4. The molecule has 0 atom stereocenters. The Morgan fingerprint density at radius 3 is 2.50 bits per heavy atom.